The van der Waals surface area contributed by atoms with Gasteiger partial charge in [0.05, 0.1) is 21.2 Å². The molecule has 0 aromatic heterocycles. The Labute approximate surface area is 300 Å². The van der Waals surface area contributed by atoms with Gasteiger partial charge in [-0.2, -0.15) is 43.9 Å². The molecule has 0 heterocycles. The molecule has 0 atom stereocenters. The van der Waals surface area contributed by atoms with E-state index >= 15 is 0 Å². The molecule has 0 saturated carbocycles. The molecule has 4 aromatic carbocycles. The van der Waals surface area contributed by atoms with Crippen molar-refractivity contribution < 1.29 is 62.1 Å². The molecular weight excluding hydrogens is 744 g/mol. The summed E-state index contributed by atoms with van der Waals surface area (Å²) in [6.45, 7) is 0. The molecule has 1 radical (unpaired) electrons. The van der Waals surface area contributed by atoms with Crippen LogP contribution in [0.2, 0.25) is 0 Å². The second kappa shape index (κ2) is 14.9. The van der Waals surface area contributed by atoms with Gasteiger partial charge in [-0.3, -0.25) is 18.2 Å². The monoisotopic (exact) mass is 763 g/mol. The van der Waals surface area contributed by atoms with Gasteiger partial charge in [0, 0.05) is 29.6 Å². The van der Waals surface area contributed by atoms with Crippen molar-refractivity contribution in [1.29, 1.82) is 0 Å². The van der Waals surface area contributed by atoms with E-state index in [9.17, 15) is 62.1 Å². The van der Waals surface area contributed by atoms with Gasteiger partial charge in [-0.1, -0.05) is 24.3 Å². The quantitative estimate of drug-likeness (QED) is 0.0552. The smallest absolute Gasteiger partial charge is 0.295 e. The van der Waals surface area contributed by atoms with Crippen LogP contribution in [-0.2, 0) is 40.5 Å². The van der Waals surface area contributed by atoms with Gasteiger partial charge in [-0.25, -0.2) is 0 Å². The molecule has 4 rings (SSSR count). The van der Waals surface area contributed by atoms with Gasteiger partial charge in [0.15, 0.2) is 0 Å². The van der Waals surface area contributed by atoms with E-state index in [4.69, 9.17) is 0 Å². The first kappa shape index (κ1) is 39.5. The van der Waals surface area contributed by atoms with Crippen LogP contribution in [-0.4, -0.2) is 91.7 Å². The van der Waals surface area contributed by atoms with E-state index in [1.54, 1.807) is 0 Å². The molecule has 0 aliphatic rings. The van der Waals surface area contributed by atoms with Gasteiger partial charge in [-0.05, 0) is 71.8 Å². The molecule has 6 N–H and O–H groups in total. The van der Waals surface area contributed by atoms with Crippen molar-refractivity contribution in [2.75, 3.05) is 0 Å². The van der Waals surface area contributed by atoms with E-state index in [2.05, 4.69) is 20.5 Å². The second-order valence-corrected chi connectivity index (χ2v) is 15.0. The molecule has 23 heteroatoms. The van der Waals surface area contributed by atoms with Crippen LogP contribution in [0.25, 0.3) is 12.2 Å². The van der Waals surface area contributed by atoms with Crippen molar-refractivity contribution in [2.45, 2.75) is 19.6 Å². The molecule has 0 bridgehead atoms. The number of hydrogen-bond donors (Lipinski definition) is 6. The number of benzene rings is 4. The topological polar surface area (TPSA) is 307 Å². The Kier molecular flexibility index (Phi) is 12.0. The molecule has 0 aliphatic heterocycles. The average Bonchev–Trinajstić information content (AvgIpc) is 2.97. The first-order chi connectivity index (χ1) is 22.1. The van der Waals surface area contributed by atoms with Crippen molar-refractivity contribution in [1.82, 2.24) is 0 Å². The fourth-order valence-corrected chi connectivity index (χ4v) is 6.19. The van der Waals surface area contributed by atoms with E-state index in [1.807, 2.05) is 0 Å². The number of azo groups is 2. The van der Waals surface area contributed by atoms with Crippen LogP contribution in [0, 0.1) is 0 Å². The van der Waals surface area contributed by atoms with Crippen molar-refractivity contribution in [2.24, 2.45) is 20.5 Å². The van der Waals surface area contributed by atoms with Crippen LogP contribution >= 0.6 is 0 Å². The normalized spacial score (nSPS) is 12.9. The molecule has 0 amide bonds. The summed E-state index contributed by atoms with van der Waals surface area (Å²) in [7, 11) is -19.2. The maximum atomic E-state index is 12.2. The van der Waals surface area contributed by atoms with E-state index in [-0.39, 0.29) is 52.1 Å². The summed E-state index contributed by atoms with van der Waals surface area (Å²) in [4.78, 5) is -2.70. The Morgan fingerprint density at radius 3 is 1.10 bits per heavy atom. The van der Waals surface area contributed by atoms with Crippen LogP contribution in [0.5, 0.6) is 11.5 Å². The minimum absolute atomic E-state index is 0. The number of rotatable bonds is 10. The number of phenolic OH excluding ortho intramolecular Hbond substituents is 2. The summed E-state index contributed by atoms with van der Waals surface area (Å²) in [6, 6.07) is 11.6. The molecule has 0 saturated heterocycles. The van der Waals surface area contributed by atoms with Gasteiger partial charge >= 0.3 is 0 Å². The van der Waals surface area contributed by atoms with Crippen LogP contribution in [0.3, 0.4) is 0 Å². The SMILES string of the molecule is O=S(=O)(O)c1ccc(O)c(N=Nc2ccc(C=Cc3ccc(N=Nc4cc(S(=O)(=O)O)ccc4O)cc3S(=O)(=O)O)c(S(=O)(=O)O)c2)c1.[Na]. The van der Waals surface area contributed by atoms with Crippen LogP contribution < -0.4 is 0 Å². The Morgan fingerprint density at radius 2 is 0.796 bits per heavy atom. The fourth-order valence-electron chi connectivity index (χ4n) is 3.78. The number of nitrogens with zero attached hydrogens (tertiary/aromatic N) is 4. The zero-order valence-electron chi connectivity index (χ0n) is 24.5. The van der Waals surface area contributed by atoms with E-state index in [0.29, 0.717) is 0 Å². The first-order valence-electron chi connectivity index (χ1n) is 12.5. The molecule has 0 fully saturated rings. The van der Waals surface area contributed by atoms with Crippen molar-refractivity contribution >= 4 is 105 Å². The summed E-state index contributed by atoms with van der Waals surface area (Å²) in [5, 5.41) is 34.6. The van der Waals surface area contributed by atoms with E-state index in [0.717, 1.165) is 72.8 Å². The first-order valence-corrected chi connectivity index (χ1v) is 18.2. The number of phenols is 2. The maximum Gasteiger partial charge on any atom is 0.295 e. The molecule has 49 heavy (non-hydrogen) atoms. The fraction of sp³-hybridized carbons (Fsp3) is 0. The van der Waals surface area contributed by atoms with Crippen molar-refractivity contribution in [3.63, 3.8) is 0 Å². The van der Waals surface area contributed by atoms with E-state index in [1.165, 1.54) is 12.1 Å². The number of aromatic hydroxyl groups is 2. The van der Waals surface area contributed by atoms with Crippen molar-refractivity contribution in [3.05, 3.63) is 83.9 Å². The largest absolute Gasteiger partial charge is 0.506 e. The van der Waals surface area contributed by atoms with Crippen molar-refractivity contribution in [3.8, 4) is 11.5 Å². The Bertz CT molecular complexity index is 2310. The third-order valence-corrected chi connectivity index (χ3v) is 9.55. The predicted molar refractivity (Wildman–Crippen MR) is 171 cm³/mol. The molecular formula is C26H20N4NaO14S4. The van der Waals surface area contributed by atoms with Gasteiger partial charge in [0.1, 0.15) is 32.7 Å². The molecule has 253 valence electrons. The van der Waals surface area contributed by atoms with Gasteiger partial charge in [-0.15, -0.1) is 10.2 Å². The summed E-state index contributed by atoms with van der Waals surface area (Å²) in [5.74, 6) is -1.07. The molecule has 18 nitrogen and oxygen atoms in total. The Balaban J connectivity index is 0.00000650. The number of hydrogen-bond acceptors (Lipinski definition) is 14. The van der Waals surface area contributed by atoms with Gasteiger partial charge in [0.2, 0.25) is 0 Å². The minimum atomic E-state index is -4.96. The van der Waals surface area contributed by atoms with E-state index < -0.39 is 82.9 Å². The molecule has 4 aromatic rings. The second-order valence-electron chi connectivity index (χ2n) is 9.38. The third kappa shape index (κ3) is 10.3. The molecule has 0 aliphatic carbocycles. The maximum absolute atomic E-state index is 12.2. The van der Waals surface area contributed by atoms with Gasteiger partial charge < -0.3 is 10.2 Å². The molecule has 0 spiro atoms. The third-order valence-electron chi connectivity index (χ3n) is 6.03. The summed E-state index contributed by atoms with van der Waals surface area (Å²) in [5.41, 5.74) is -1.65. The van der Waals surface area contributed by atoms with Crippen LogP contribution in [0.1, 0.15) is 11.1 Å². The predicted octanol–water partition coefficient (Wildman–Crippen LogP) is 4.71. The zero-order valence-corrected chi connectivity index (χ0v) is 29.7. The summed E-state index contributed by atoms with van der Waals surface area (Å²) >= 11 is 0. The zero-order chi connectivity index (χ0) is 35.7. The molecule has 0 unspecified atom stereocenters. The Morgan fingerprint density at radius 1 is 0.449 bits per heavy atom. The summed E-state index contributed by atoms with van der Waals surface area (Å²) in [6.07, 6.45) is 2.13. The minimum Gasteiger partial charge on any atom is -0.506 e. The van der Waals surface area contributed by atoms with Gasteiger partial charge in [0.25, 0.3) is 40.5 Å². The van der Waals surface area contributed by atoms with Crippen LogP contribution in [0.15, 0.2) is 113 Å². The average molecular weight is 764 g/mol. The standard InChI is InChI=1S/C26H20N4O14S4.Na/c31-23-9-7-19(45(33,34)35)13-21(23)29-27-17-5-3-15(25(11-17)47(39,40)41)1-2-16-4-6-18(12-26(16)48(42,43)44)28-30-22-14-20(46(36,37)38)8-10-24(22)32;/h1-14,31-32H,(H,33,34,35)(H,36,37,38)(H,39,40,41)(H,42,43,44);. The Hall–Kier alpha value is -3.94. The summed E-state index contributed by atoms with van der Waals surface area (Å²) < 4.78 is 132. The van der Waals surface area contributed by atoms with Crippen LogP contribution in [0.4, 0.5) is 22.7 Å².